The van der Waals surface area contributed by atoms with Crippen LogP contribution in [0.15, 0.2) is 60.8 Å². The van der Waals surface area contributed by atoms with Crippen molar-refractivity contribution in [3.05, 3.63) is 71.9 Å². The number of piperidine rings is 1. The number of aromatic nitrogens is 1. The lowest BCUT2D eigenvalue weighted by Gasteiger charge is -2.36. The van der Waals surface area contributed by atoms with Crippen LogP contribution in [-0.4, -0.2) is 28.9 Å². The Morgan fingerprint density at radius 1 is 1.17 bits per heavy atom. The molecule has 5 heteroatoms. The third-order valence-electron chi connectivity index (χ3n) is 6.03. The summed E-state index contributed by atoms with van der Waals surface area (Å²) in [5.41, 5.74) is 8.05. The first-order valence-corrected chi connectivity index (χ1v) is 10.3. The third-order valence-corrected chi connectivity index (χ3v) is 6.03. The predicted molar refractivity (Wildman–Crippen MR) is 117 cm³/mol. The van der Waals surface area contributed by atoms with E-state index in [-0.39, 0.29) is 11.8 Å². The first kappa shape index (κ1) is 19.4. The van der Waals surface area contributed by atoms with Gasteiger partial charge in [-0.1, -0.05) is 42.5 Å². The molecule has 3 aromatic rings. The molecular formula is C24H28N4O. The number of pyridine rings is 1. The number of carbonyl (C=O) groups is 1. The van der Waals surface area contributed by atoms with Gasteiger partial charge in [0.2, 0.25) is 5.91 Å². The van der Waals surface area contributed by atoms with Crippen LogP contribution in [-0.2, 0) is 11.3 Å². The lowest BCUT2D eigenvalue weighted by Crippen LogP contribution is -2.41. The molecule has 1 aliphatic heterocycles. The van der Waals surface area contributed by atoms with Crippen molar-refractivity contribution in [2.75, 3.05) is 18.8 Å². The molecule has 0 bridgehead atoms. The van der Waals surface area contributed by atoms with E-state index in [1.54, 1.807) is 12.3 Å². The van der Waals surface area contributed by atoms with Gasteiger partial charge in [0.05, 0.1) is 0 Å². The van der Waals surface area contributed by atoms with Crippen LogP contribution in [0.3, 0.4) is 0 Å². The summed E-state index contributed by atoms with van der Waals surface area (Å²) in [5.74, 6) is 0.690. The quantitative estimate of drug-likeness (QED) is 0.695. The summed E-state index contributed by atoms with van der Waals surface area (Å²) in [7, 11) is 0. The average Bonchev–Trinajstić information content (AvgIpc) is 2.77. The van der Waals surface area contributed by atoms with E-state index in [0.29, 0.717) is 18.4 Å². The molecule has 0 saturated carbocycles. The summed E-state index contributed by atoms with van der Waals surface area (Å²) in [6, 6.07) is 19.1. The number of nitrogens with two attached hydrogens (primary N) is 1. The minimum absolute atomic E-state index is 0.0742. The van der Waals surface area contributed by atoms with Crippen molar-refractivity contribution in [3.8, 4) is 0 Å². The number of nitrogen functional groups attached to an aromatic ring is 1. The Hall–Kier alpha value is -2.92. The van der Waals surface area contributed by atoms with Crippen LogP contribution in [0.4, 0.5) is 5.82 Å². The van der Waals surface area contributed by atoms with Gasteiger partial charge in [-0.2, -0.15) is 0 Å². The highest BCUT2D eigenvalue weighted by molar-refractivity contribution is 5.86. The summed E-state index contributed by atoms with van der Waals surface area (Å²) in [5, 5.41) is 5.65. The molecule has 0 spiro atoms. The molecular weight excluding hydrogens is 360 g/mol. The molecule has 1 unspecified atom stereocenters. The second-order valence-corrected chi connectivity index (χ2v) is 7.86. The molecule has 5 nitrogen and oxygen atoms in total. The van der Waals surface area contributed by atoms with Crippen LogP contribution in [0.2, 0.25) is 0 Å². The van der Waals surface area contributed by atoms with Crippen LogP contribution in [0.5, 0.6) is 0 Å². The predicted octanol–water partition coefficient (Wildman–Crippen LogP) is 3.91. The minimum atomic E-state index is 0.0742. The topological polar surface area (TPSA) is 71.2 Å². The number of hydrogen-bond acceptors (Lipinski definition) is 4. The summed E-state index contributed by atoms with van der Waals surface area (Å²) < 4.78 is 0. The smallest absolute Gasteiger partial charge is 0.223 e. The number of benzene rings is 2. The maximum absolute atomic E-state index is 12.6. The second-order valence-electron chi connectivity index (χ2n) is 7.86. The molecule has 0 aliphatic carbocycles. The van der Waals surface area contributed by atoms with Gasteiger partial charge in [0, 0.05) is 24.7 Å². The van der Waals surface area contributed by atoms with Crippen LogP contribution in [0.1, 0.15) is 36.9 Å². The Balaban J connectivity index is 1.34. The fourth-order valence-corrected chi connectivity index (χ4v) is 4.30. The van der Waals surface area contributed by atoms with E-state index in [9.17, 15) is 4.79 Å². The standard InChI is InChI=1S/C24H28N4O/c1-17(21-8-4-6-19-5-2-3-7-22(19)21)28-13-10-20(11-14-28)24(29)27-16-18-9-12-26-23(25)15-18/h2-9,12,15,17,20H,10-11,13-14,16H2,1H3,(H2,25,26)(H,27,29). The van der Waals surface area contributed by atoms with Gasteiger partial charge in [-0.15, -0.1) is 0 Å². The van der Waals surface area contributed by atoms with Crippen LogP contribution >= 0.6 is 0 Å². The fraction of sp³-hybridized carbons (Fsp3) is 0.333. The van der Waals surface area contributed by atoms with Gasteiger partial charge >= 0.3 is 0 Å². The number of hydrogen-bond donors (Lipinski definition) is 2. The van der Waals surface area contributed by atoms with E-state index in [4.69, 9.17) is 5.73 Å². The van der Waals surface area contributed by atoms with E-state index in [1.165, 1.54) is 16.3 Å². The monoisotopic (exact) mass is 388 g/mol. The molecule has 3 N–H and O–H groups in total. The van der Waals surface area contributed by atoms with E-state index in [2.05, 4.69) is 64.6 Å². The number of fused-ring (bicyclic) bond motifs is 1. The van der Waals surface area contributed by atoms with Gasteiger partial charge < -0.3 is 11.1 Å². The maximum atomic E-state index is 12.6. The van der Waals surface area contributed by atoms with Crippen molar-refractivity contribution in [3.63, 3.8) is 0 Å². The summed E-state index contributed by atoms with van der Waals surface area (Å²) in [4.78, 5) is 19.1. The van der Waals surface area contributed by atoms with Gasteiger partial charge in [0.25, 0.3) is 0 Å². The van der Waals surface area contributed by atoms with Gasteiger partial charge in [-0.3, -0.25) is 9.69 Å². The Labute approximate surface area is 171 Å². The third kappa shape index (κ3) is 4.40. The number of nitrogens with zero attached hydrogens (tertiary/aromatic N) is 2. The highest BCUT2D eigenvalue weighted by Crippen LogP contribution is 2.31. The molecule has 29 heavy (non-hydrogen) atoms. The normalized spacial score (nSPS) is 16.6. The van der Waals surface area contributed by atoms with E-state index in [0.717, 1.165) is 31.5 Å². The van der Waals surface area contributed by atoms with Crippen molar-refractivity contribution in [2.24, 2.45) is 5.92 Å². The number of carbonyl (C=O) groups excluding carboxylic acids is 1. The molecule has 4 rings (SSSR count). The Bertz CT molecular complexity index is 990. The zero-order valence-electron chi connectivity index (χ0n) is 16.8. The molecule has 1 aliphatic rings. The molecule has 1 saturated heterocycles. The van der Waals surface area contributed by atoms with Gasteiger partial charge in [-0.05, 0) is 66.9 Å². The lowest BCUT2D eigenvalue weighted by atomic mass is 9.92. The highest BCUT2D eigenvalue weighted by atomic mass is 16.1. The van der Waals surface area contributed by atoms with Crippen molar-refractivity contribution in [1.82, 2.24) is 15.2 Å². The van der Waals surface area contributed by atoms with Crippen LogP contribution in [0, 0.1) is 5.92 Å². The Morgan fingerprint density at radius 2 is 1.93 bits per heavy atom. The highest BCUT2D eigenvalue weighted by Gasteiger charge is 2.28. The Kier molecular flexibility index (Phi) is 5.76. The van der Waals surface area contributed by atoms with Crippen LogP contribution < -0.4 is 11.1 Å². The number of amides is 1. The van der Waals surface area contributed by atoms with Crippen molar-refractivity contribution < 1.29 is 4.79 Å². The minimum Gasteiger partial charge on any atom is -0.384 e. The van der Waals surface area contributed by atoms with Crippen molar-refractivity contribution in [2.45, 2.75) is 32.4 Å². The number of nitrogens with one attached hydrogen (secondary N) is 1. The van der Waals surface area contributed by atoms with E-state index >= 15 is 0 Å². The first-order chi connectivity index (χ1) is 14.1. The molecule has 1 aromatic heterocycles. The first-order valence-electron chi connectivity index (χ1n) is 10.3. The molecule has 1 fully saturated rings. The molecule has 0 radical (unpaired) electrons. The lowest BCUT2D eigenvalue weighted by molar-refractivity contribution is -0.126. The molecule has 1 atom stereocenters. The van der Waals surface area contributed by atoms with Gasteiger partial charge in [0.15, 0.2) is 0 Å². The van der Waals surface area contributed by atoms with Gasteiger partial charge in [0.1, 0.15) is 5.82 Å². The van der Waals surface area contributed by atoms with Crippen LogP contribution in [0.25, 0.3) is 10.8 Å². The maximum Gasteiger partial charge on any atom is 0.223 e. The van der Waals surface area contributed by atoms with E-state index < -0.39 is 0 Å². The zero-order chi connectivity index (χ0) is 20.2. The molecule has 1 amide bonds. The zero-order valence-corrected chi connectivity index (χ0v) is 16.8. The SMILES string of the molecule is CC(c1cccc2ccccc12)N1CCC(C(=O)NCc2ccnc(N)c2)CC1. The average molecular weight is 389 g/mol. The Morgan fingerprint density at radius 3 is 2.72 bits per heavy atom. The molecule has 150 valence electrons. The summed E-state index contributed by atoms with van der Waals surface area (Å²) >= 11 is 0. The summed E-state index contributed by atoms with van der Waals surface area (Å²) in [6.45, 7) is 4.64. The molecule has 2 heterocycles. The number of rotatable bonds is 5. The second kappa shape index (κ2) is 8.62. The fourth-order valence-electron chi connectivity index (χ4n) is 4.30. The van der Waals surface area contributed by atoms with Gasteiger partial charge in [-0.25, -0.2) is 4.98 Å². The van der Waals surface area contributed by atoms with Crippen molar-refractivity contribution >= 4 is 22.5 Å². The number of anilines is 1. The number of likely N-dealkylation sites (tertiary alicyclic amines) is 1. The van der Waals surface area contributed by atoms with Crippen molar-refractivity contribution in [1.29, 1.82) is 0 Å². The largest absolute Gasteiger partial charge is 0.384 e. The van der Waals surface area contributed by atoms with E-state index in [1.807, 2.05) is 6.07 Å². The summed E-state index contributed by atoms with van der Waals surface area (Å²) in [6.07, 6.45) is 3.45. The molecule has 2 aromatic carbocycles.